The Morgan fingerprint density at radius 3 is 2.56 bits per heavy atom. The fourth-order valence-electron chi connectivity index (χ4n) is 1.96. The molecule has 3 heteroatoms. The van der Waals surface area contributed by atoms with Crippen LogP contribution in [0, 0.1) is 0 Å². The molecule has 1 fully saturated rings. The fraction of sp³-hybridized carbons (Fsp3) is 0.462. The lowest BCUT2D eigenvalue weighted by molar-refractivity contribution is 0.0341. The van der Waals surface area contributed by atoms with E-state index in [4.69, 9.17) is 4.74 Å². The summed E-state index contributed by atoms with van der Waals surface area (Å²) in [6.07, 6.45) is 2.36. The van der Waals surface area contributed by atoms with Crippen LogP contribution in [0.15, 0.2) is 24.3 Å². The molecule has 0 spiro atoms. The molecule has 1 radical (unpaired) electrons. The molecule has 0 amide bonds. The number of morpholine rings is 1. The number of carbonyl (C=O) groups excluding carboxylic acids is 1. The van der Waals surface area contributed by atoms with E-state index >= 15 is 0 Å². The number of hydrogen-bond acceptors (Lipinski definition) is 3. The van der Waals surface area contributed by atoms with Gasteiger partial charge in [-0.05, 0) is 11.1 Å². The third-order valence-corrected chi connectivity index (χ3v) is 2.88. The maximum Gasteiger partial charge on any atom is 0.203 e. The summed E-state index contributed by atoms with van der Waals surface area (Å²) in [6.45, 7) is 4.46. The predicted molar refractivity (Wildman–Crippen MR) is 61.9 cm³/mol. The highest BCUT2D eigenvalue weighted by Crippen LogP contribution is 2.12. The zero-order valence-electron chi connectivity index (χ0n) is 9.32. The molecule has 85 valence electrons. The van der Waals surface area contributed by atoms with Crippen LogP contribution in [-0.4, -0.2) is 37.5 Å². The van der Waals surface area contributed by atoms with Crippen molar-refractivity contribution in [2.45, 2.75) is 13.0 Å². The minimum absolute atomic E-state index is 0.389. The van der Waals surface area contributed by atoms with Crippen LogP contribution in [-0.2, 0) is 22.5 Å². The highest BCUT2D eigenvalue weighted by Gasteiger charge is 2.12. The Hall–Kier alpha value is -1.19. The highest BCUT2D eigenvalue weighted by molar-refractivity contribution is 5.56. The topological polar surface area (TPSA) is 29.5 Å². The number of nitrogens with zero attached hydrogens (tertiary/aromatic N) is 1. The quantitative estimate of drug-likeness (QED) is 0.760. The van der Waals surface area contributed by atoms with Crippen LogP contribution < -0.4 is 0 Å². The largest absolute Gasteiger partial charge is 0.379 e. The smallest absolute Gasteiger partial charge is 0.203 e. The predicted octanol–water partition coefficient (Wildman–Crippen LogP) is 1.17. The van der Waals surface area contributed by atoms with Gasteiger partial charge < -0.3 is 4.74 Å². The first kappa shape index (κ1) is 11.3. The fourth-order valence-corrected chi connectivity index (χ4v) is 1.96. The van der Waals surface area contributed by atoms with Crippen molar-refractivity contribution in [1.82, 2.24) is 4.90 Å². The van der Waals surface area contributed by atoms with E-state index < -0.39 is 0 Å². The second-order valence-electron chi connectivity index (χ2n) is 3.98. The number of ether oxygens (including phenoxy) is 1. The Labute approximate surface area is 96.0 Å². The zero-order valence-corrected chi connectivity index (χ0v) is 9.32. The van der Waals surface area contributed by atoms with Gasteiger partial charge in [-0.1, -0.05) is 24.3 Å². The van der Waals surface area contributed by atoms with Gasteiger partial charge in [0.25, 0.3) is 0 Å². The number of rotatable bonds is 4. The Bertz CT molecular complexity index is 346. The van der Waals surface area contributed by atoms with Crippen LogP contribution in [0.3, 0.4) is 0 Å². The van der Waals surface area contributed by atoms with Crippen molar-refractivity contribution in [3.05, 3.63) is 35.4 Å². The van der Waals surface area contributed by atoms with E-state index in [1.807, 2.05) is 24.5 Å². The van der Waals surface area contributed by atoms with Gasteiger partial charge in [-0.25, -0.2) is 0 Å². The average molecular weight is 218 g/mol. The lowest BCUT2D eigenvalue weighted by Crippen LogP contribution is -2.35. The van der Waals surface area contributed by atoms with Gasteiger partial charge in [0.1, 0.15) is 0 Å². The van der Waals surface area contributed by atoms with Crippen molar-refractivity contribution in [3.8, 4) is 0 Å². The second kappa shape index (κ2) is 5.77. The molecular formula is C13H16NO2. The molecule has 1 aromatic rings. The highest BCUT2D eigenvalue weighted by atomic mass is 16.5. The van der Waals surface area contributed by atoms with Crippen molar-refractivity contribution >= 4 is 6.29 Å². The molecule has 1 aromatic carbocycles. The van der Waals surface area contributed by atoms with Gasteiger partial charge in [0.15, 0.2) is 0 Å². The van der Waals surface area contributed by atoms with Crippen molar-refractivity contribution in [1.29, 1.82) is 0 Å². The average Bonchev–Trinajstić information content (AvgIpc) is 2.33. The van der Waals surface area contributed by atoms with Crippen LogP contribution in [0.5, 0.6) is 0 Å². The Balaban J connectivity index is 2.04. The molecule has 3 nitrogen and oxygen atoms in total. The van der Waals surface area contributed by atoms with Gasteiger partial charge in [0.05, 0.1) is 13.2 Å². The maximum atomic E-state index is 10.5. The third-order valence-electron chi connectivity index (χ3n) is 2.88. The van der Waals surface area contributed by atoms with Crippen molar-refractivity contribution in [3.63, 3.8) is 0 Å². The summed E-state index contributed by atoms with van der Waals surface area (Å²) in [7, 11) is 0. The van der Waals surface area contributed by atoms with Gasteiger partial charge in [-0.3, -0.25) is 9.69 Å². The second-order valence-corrected chi connectivity index (χ2v) is 3.98. The van der Waals surface area contributed by atoms with Crippen LogP contribution in [0.4, 0.5) is 0 Å². The van der Waals surface area contributed by atoms with E-state index in [2.05, 4.69) is 11.0 Å². The summed E-state index contributed by atoms with van der Waals surface area (Å²) >= 11 is 0. The van der Waals surface area contributed by atoms with Gasteiger partial charge in [0.2, 0.25) is 6.29 Å². The Kier molecular flexibility index (Phi) is 4.08. The summed E-state index contributed by atoms with van der Waals surface area (Å²) in [6, 6.07) is 8.07. The van der Waals surface area contributed by atoms with Crippen molar-refractivity contribution < 1.29 is 9.53 Å². The molecule has 0 aliphatic carbocycles. The summed E-state index contributed by atoms with van der Waals surface area (Å²) in [4.78, 5) is 12.8. The zero-order chi connectivity index (χ0) is 11.2. The molecule has 0 unspecified atom stereocenters. The lowest BCUT2D eigenvalue weighted by Gasteiger charge is -2.27. The van der Waals surface area contributed by atoms with Crippen molar-refractivity contribution in [2.75, 3.05) is 26.3 Å². The van der Waals surface area contributed by atoms with E-state index in [0.29, 0.717) is 6.42 Å². The van der Waals surface area contributed by atoms with Crippen LogP contribution in [0.2, 0.25) is 0 Å². The first-order valence-corrected chi connectivity index (χ1v) is 5.62. The number of hydrogen-bond donors (Lipinski definition) is 0. The van der Waals surface area contributed by atoms with Crippen LogP contribution in [0.25, 0.3) is 0 Å². The van der Waals surface area contributed by atoms with Gasteiger partial charge >= 0.3 is 0 Å². The molecule has 0 N–H and O–H groups in total. The molecule has 1 heterocycles. The first-order chi connectivity index (χ1) is 7.90. The molecule has 1 aliphatic rings. The van der Waals surface area contributed by atoms with Crippen molar-refractivity contribution in [2.24, 2.45) is 0 Å². The summed E-state index contributed by atoms with van der Waals surface area (Å²) in [5.74, 6) is 0. The monoisotopic (exact) mass is 218 g/mol. The van der Waals surface area contributed by atoms with Gasteiger partial charge in [-0.15, -0.1) is 0 Å². The molecule has 16 heavy (non-hydrogen) atoms. The summed E-state index contributed by atoms with van der Waals surface area (Å²) in [5.41, 5.74) is 2.32. The van der Waals surface area contributed by atoms with E-state index in [0.717, 1.165) is 38.4 Å². The summed E-state index contributed by atoms with van der Waals surface area (Å²) in [5, 5.41) is 0. The summed E-state index contributed by atoms with van der Waals surface area (Å²) < 4.78 is 5.31. The van der Waals surface area contributed by atoms with Crippen LogP contribution >= 0.6 is 0 Å². The van der Waals surface area contributed by atoms with E-state index in [1.165, 1.54) is 5.56 Å². The lowest BCUT2D eigenvalue weighted by atomic mass is 10.0. The maximum absolute atomic E-state index is 10.5. The SMILES string of the molecule is O=[C]Cc1ccccc1CN1CCOCC1. The van der Waals surface area contributed by atoms with Gasteiger partial charge in [0, 0.05) is 26.1 Å². The molecular weight excluding hydrogens is 202 g/mol. The molecule has 1 saturated heterocycles. The molecule has 0 atom stereocenters. The minimum atomic E-state index is 0.389. The van der Waals surface area contributed by atoms with E-state index in [-0.39, 0.29) is 0 Å². The molecule has 2 rings (SSSR count). The molecule has 0 aromatic heterocycles. The molecule has 0 saturated carbocycles. The molecule has 1 aliphatic heterocycles. The Morgan fingerprint density at radius 1 is 1.19 bits per heavy atom. The van der Waals surface area contributed by atoms with E-state index in [1.54, 1.807) is 0 Å². The first-order valence-electron chi connectivity index (χ1n) is 5.62. The normalized spacial score (nSPS) is 17.2. The van der Waals surface area contributed by atoms with E-state index in [9.17, 15) is 4.79 Å². The minimum Gasteiger partial charge on any atom is -0.379 e. The standard InChI is InChI=1S/C13H16NO2/c15-8-5-12-3-1-2-4-13(12)11-14-6-9-16-10-7-14/h1-4H,5-7,9-11H2. The molecule has 0 bridgehead atoms. The number of benzene rings is 1. The van der Waals surface area contributed by atoms with Gasteiger partial charge in [-0.2, -0.15) is 0 Å². The third kappa shape index (κ3) is 2.90. The van der Waals surface area contributed by atoms with Crippen LogP contribution in [0.1, 0.15) is 11.1 Å². The Morgan fingerprint density at radius 2 is 1.88 bits per heavy atom.